The molecule has 0 bridgehead atoms. The van der Waals surface area contributed by atoms with Gasteiger partial charge in [0, 0.05) is 18.4 Å². The van der Waals surface area contributed by atoms with Crippen molar-refractivity contribution in [1.29, 1.82) is 0 Å². The minimum atomic E-state index is 0.131. The van der Waals surface area contributed by atoms with Gasteiger partial charge in [0.15, 0.2) is 5.82 Å². The second kappa shape index (κ2) is 5.63. The van der Waals surface area contributed by atoms with Gasteiger partial charge >= 0.3 is 0 Å². The number of nitrogens with two attached hydrogens (primary N) is 1. The largest absolute Gasteiger partial charge is 0.339 e. The maximum Gasteiger partial charge on any atom is 0.228 e. The van der Waals surface area contributed by atoms with Crippen LogP contribution in [-0.4, -0.2) is 16.2 Å². The Morgan fingerprint density at radius 2 is 2.06 bits per heavy atom. The molecular formula is C13H23N3O. The Bertz CT molecular complexity index is 342. The van der Waals surface area contributed by atoms with E-state index >= 15 is 0 Å². The Morgan fingerprint density at radius 3 is 2.71 bits per heavy atom. The van der Waals surface area contributed by atoms with Crippen LogP contribution in [0.3, 0.4) is 0 Å². The van der Waals surface area contributed by atoms with E-state index in [1.807, 2.05) is 0 Å². The third-order valence-corrected chi connectivity index (χ3v) is 3.42. The fraction of sp³-hybridized carbons (Fsp3) is 0.846. The molecular weight excluding hydrogens is 214 g/mol. The third kappa shape index (κ3) is 3.53. The highest BCUT2D eigenvalue weighted by molar-refractivity contribution is 4.98. The second-order valence-corrected chi connectivity index (χ2v) is 5.62. The second-order valence-electron chi connectivity index (χ2n) is 5.62. The lowest BCUT2D eigenvalue weighted by molar-refractivity contribution is 0.352. The van der Waals surface area contributed by atoms with Gasteiger partial charge < -0.3 is 10.3 Å². The molecule has 0 aromatic carbocycles. The summed E-state index contributed by atoms with van der Waals surface area (Å²) in [6.07, 6.45) is 6.70. The van der Waals surface area contributed by atoms with Crippen LogP contribution in [0.5, 0.6) is 0 Å². The smallest absolute Gasteiger partial charge is 0.228 e. The molecule has 1 unspecified atom stereocenters. The summed E-state index contributed by atoms with van der Waals surface area (Å²) in [5.41, 5.74) is 6.04. The molecule has 1 aliphatic carbocycles. The molecule has 17 heavy (non-hydrogen) atoms. The molecule has 0 aliphatic heterocycles. The Morgan fingerprint density at radius 1 is 1.35 bits per heavy atom. The Hall–Kier alpha value is -0.900. The summed E-state index contributed by atoms with van der Waals surface area (Å²) in [7, 11) is 0. The molecule has 4 heteroatoms. The lowest BCUT2D eigenvalue weighted by Crippen LogP contribution is -2.24. The lowest BCUT2D eigenvalue weighted by Gasteiger charge is -2.10. The zero-order chi connectivity index (χ0) is 12.3. The molecule has 4 nitrogen and oxygen atoms in total. The fourth-order valence-corrected chi connectivity index (χ4v) is 2.61. The number of aromatic nitrogens is 2. The zero-order valence-electron chi connectivity index (χ0n) is 10.9. The summed E-state index contributed by atoms with van der Waals surface area (Å²) >= 11 is 0. The highest BCUT2D eigenvalue weighted by Gasteiger charge is 2.22. The van der Waals surface area contributed by atoms with Crippen molar-refractivity contribution in [3.63, 3.8) is 0 Å². The van der Waals surface area contributed by atoms with Crippen LogP contribution < -0.4 is 5.73 Å². The molecule has 0 radical (unpaired) electrons. The maximum absolute atomic E-state index is 6.04. The average molecular weight is 237 g/mol. The summed E-state index contributed by atoms with van der Waals surface area (Å²) in [4.78, 5) is 4.48. The summed E-state index contributed by atoms with van der Waals surface area (Å²) in [6.45, 7) is 4.36. The predicted octanol–water partition coefficient (Wildman–Crippen LogP) is 2.64. The van der Waals surface area contributed by atoms with Crippen LogP contribution in [0.15, 0.2) is 4.52 Å². The van der Waals surface area contributed by atoms with Gasteiger partial charge in [0.1, 0.15) is 0 Å². The molecule has 2 N–H and O–H groups in total. The minimum absolute atomic E-state index is 0.131. The van der Waals surface area contributed by atoms with E-state index in [4.69, 9.17) is 10.3 Å². The summed E-state index contributed by atoms with van der Waals surface area (Å²) < 4.78 is 5.29. The van der Waals surface area contributed by atoms with Crippen LogP contribution in [-0.2, 0) is 6.42 Å². The molecule has 0 saturated heterocycles. The molecule has 1 saturated carbocycles. The number of nitrogens with zero attached hydrogens (tertiary/aromatic N) is 2. The molecule has 1 aromatic rings. The van der Waals surface area contributed by atoms with Gasteiger partial charge in [-0.3, -0.25) is 0 Å². The molecule has 1 heterocycles. The topological polar surface area (TPSA) is 64.9 Å². The average Bonchev–Trinajstić information content (AvgIpc) is 2.84. The van der Waals surface area contributed by atoms with Gasteiger partial charge in [-0.25, -0.2) is 0 Å². The van der Waals surface area contributed by atoms with E-state index in [1.54, 1.807) is 0 Å². The third-order valence-electron chi connectivity index (χ3n) is 3.42. The van der Waals surface area contributed by atoms with Crippen molar-refractivity contribution < 1.29 is 4.52 Å². The van der Waals surface area contributed by atoms with Crippen LogP contribution in [0.2, 0.25) is 0 Å². The minimum Gasteiger partial charge on any atom is -0.339 e. The molecule has 0 amide bonds. The van der Waals surface area contributed by atoms with Gasteiger partial charge in [0.05, 0.1) is 0 Å². The van der Waals surface area contributed by atoms with Crippen molar-refractivity contribution in [3.05, 3.63) is 11.7 Å². The lowest BCUT2D eigenvalue weighted by atomic mass is 10.0. The van der Waals surface area contributed by atoms with Crippen LogP contribution in [0.1, 0.15) is 63.6 Å². The van der Waals surface area contributed by atoms with E-state index in [1.165, 1.54) is 25.7 Å². The van der Waals surface area contributed by atoms with E-state index in [0.29, 0.717) is 24.1 Å². The van der Waals surface area contributed by atoms with Crippen molar-refractivity contribution in [2.24, 2.45) is 11.7 Å². The first-order valence-electron chi connectivity index (χ1n) is 6.73. The highest BCUT2D eigenvalue weighted by Crippen LogP contribution is 2.32. The molecule has 1 fully saturated rings. The zero-order valence-corrected chi connectivity index (χ0v) is 10.9. The van der Waals surface area contributed by atoms with E-state index in [0.717, 1.165) is 12.2 Å². The Labute approximate surface area is 103 Å². The van der Waals surface area contributed by atoms with E-state index in [9.17, 15) is 0 Å². The Kier molecular flexibility index (Phi) is 4.15. The maximum atomic E-state index is 6.04. The van der Waals surface area contributed by atoms with Gasteiger partial charge in [-0.2, -0.15) is 4.98 Å². The Balaban J connectivity index is 1.89. The summed E-state index contributed by atoms with van der Waals surface area (Å²) in [5.74, 6) is 2.74. The molecule has 1 aliphatic rings. The number of rotatable bonds is 5. The van der Waals surface area contributed by atoms with Crippen molar-refractivity contribution in [3.8, 4) is 0 Å². The van der Waals surface area contributed by atoms with Gasteiger partial charge in [-0.05, 0) is 25.2 Å². The predicted molar refractivity (Wildman–Crippen MR) is 66.6 cm³/mol. The van der Waals surface area contributed by atoms with Gasteiger partial charge in [-0.1, -0.05) is 31.8 Å². The molecule has 1 aromatic heterocycles. The number of hydrogen-bond donors (Lipinski definition) is 1. The van der Waals surface area contributed by atoms with Crippen molar-refractivity contribution in [2.75, 3.05) is 0 Å². The van der Waals surface area contributed by atoms with Gasteiger partial charge in [0.2, 0.25) is 5.89 Å². The monoisotopic (exact) mass is 237 g/mol. The summed E-state index contributed by atoms with van der Waals surface area (Å²) in [5, 5.41) is 4.09. The van der Waals surface area contributed by atoms with Gasteiger partial charge in [-0.15, -0.1) is 0 Å². The van der Waals surface area contributed by atoms with E-state index in [2.05, 4.69) is 24.0 Å². The quantitative estimate of drug-likeness (QED) is 0.855. The standard InChI is InChI=1S/C13H23N3O/c1-9(2)7-11(14)8-12-15-13(16-17-12)10-5-3-4-6-10/h9-11H,3-8,14H2,1-2H3. The molecule has 0 spiro atoms. The molecule has 2 rings (SSSR count). The molecule has 96 valence electrons. The summed E-state index contributed by atoms with van der Waals surface area (Å²) in [6, 6.07) is 0.131. The van der Waals surface area contributed by atoms with E-state index in [-0.39, 0.29) is 6.04 Å². The van der Waals surface area contributed by atoms with Crippen LogP contribution in [0.25, 0.3) is 0 Å². The fourth-order valence-electron chi connectivity index (χ4n) is 2.61. The normalized spacial score (nSPS) is 19.1. The van der Waals surface area contributed by atoms with Crippen LogP contribution >= 0.6 is 0 Å². The van der Waals surface area contributed by atoms with Crippen LogP contribution in [0, 0.1) is 5.92 Å². The number of hydrogen-bond acceptors (Lipinski definition) is 4. The first-order valence-corrected chi connectivity index (χ1v) is 6.73. The SMILES string of the molecule is CC(C)CC(N)Cc1nc(C2CCCC2)no1. The van der Waals surface area contributed by atoms with E-state index < -0.39 is 0 Å². The van der Waals surface area contributed by atoms with Crippen LogP contribution in [0.4, 0.5) is 0 Å². The van der Waals surface area contributed by atoms with Gasteiger partial charge in [0.25, 0.3) is 0 Å². The highest BCUT2D eigenvalue weighted by atomic mass is 16.5. The van der Waals surface area contributed by atoms with Crippen molar-refractivity contribution in [1.82, 2.24) is 10.1 Å². The molecule has 1 atom stereocenters. The first-order chi connectivity index (χ1) is 8.15. The van der Waals surface area contributed by atoms with Crippen molar-refractivity contribution >= 4 is 0 Å². The first kappa shape index (κ1) is 12.6. The van der Waals surface area contributed by atoms with Crippen molar-refractivity contribution in [2.45, 2.75) is 64.3 Å².